The lowest BCUT2D eigenvalue weighted by atomic mass is 10.1. The van der Waals surface area contributed by atoms with Gasteiger partial charge in [0.15, 0.2) is 10.4 Å². The van der Waals surface area contributed by atoms with Gasteiger partial charge in [0.2, 0.25) is 0 Å². The van der Waals surface area contributed by atoms with Gasteiger partial charge in [0, 0.05) is 10.7 Å². The van der Waals surface area contributed by atoms with E-state index in [9.17, 15) is 5.26 Å². The Morgan fingerprint density at radius 3 is 3.00 bits per heavy atom. The van der Waals surface area contributed by atoms with E-state index >= 15 is 0 Å². The fourth-order valence-electron chi connectivity index (χ4n) is 2.18. The number of hydrogen-bond acceptors (Lipinski definition) is 4. The number of ether oxygens (including phenoxy) is 1. The number of nitriles is 1. The zero-order valence-corrected chi connectivity index (χ0v) is 13.3. The van der Waals surface area contributed by atoms with E-state index in [2.05, 4.69) is 32.0 Å². The smallest absolute Gasteiger partial charge is 0.184 e. The summed E-state index contributed by atoms with van der Waals surface area (Å²) in [6.45, 7) is 0. The third-order valence-corrected chi connectivity index (χ3v) is 3.77. The Bertz CT molecular complexity index is 938. The summed E-state index contributed by atoms with van der Waals surface area (Å²) < 4.78 is 8.39. The Hall–Kier alpha value is -2.17. The number of nitrogens with zero attached hydrogens (tertiary/aromatic N) is 3. The first-order valence-corrected chi connectivity index (χ1v) is 7.19. The molecule has 0 atom stereocenters. The molecule has 0 saturated carbocycles. The highest BCUT2D eigenvalue weighted by Gasteiger charge is 2.16. The molecule has 2 aromatic heterocycles. The number of para-hydroxylation sites is 1. The van der Waals surface area contributed by atoms with E-state index in [4.69, 9.17) is 17.0 Å². The summed E-state index contributed by atoms with van der Waals surface area (Å²) in [7, 11) is 1.56. The standard InChI is InChI=1S/C14H9BrN4OS/c1-20-11-4-2-3-8(6-16)12(11)19-13-10(18-14(19)21)5-9(15)7-17-13/h2-5,7H,1H3,(H,18,21). The molecule has 0 spiro atoms. The van der Waals surface area contributed by atoms with Crippen LogP contribution in [0.2, 0.25) is 0 Å². The average Bonchev–Trinajstić information content (AvgIpc) is 2.80. The second-order valence-electron chi connectivity index (χ2n) is 4.26. The Morgan fingerprint density at radius 2 is 2.29 bits per heavy atom. The highest BCUT2D eigenvalue weighted by Crippen LogP contribution is 2.30. The van der Waals surface area contributed by atoms with Crippen LogP contribution in [0.1, 0.15) is 5.56 Å². The van der Waals surface area contributed by atoms with Gasteiger partial charge in [-0.2, -0.15) is 5.26 Å². The summed E-state index contributed by atoms with van der Waals surface area (Å²) >= 11 is 8.76. The van der Waals surface area contributed by atoms with Gasteiger partial charge in [0.25, 0.3) is 0 Å². The van der Waals surface area contributed by atoms with Crippen LogP contribution < -0.4 is 4.74 Å². The number of hydrogen-bond donors (Lipinski definition) is 1. The minimum Gasteiger partial charge on any atom is -0.495 e. The SMILES string of the molecule is COc1cccc(C#N)c1-n1c(=S)[nH]c2cc(Br)cnc21. The molecular weight excluding hydrogens is 352 g/mol. The lowest BCUT2D eigenvalue weighted by Crippen LogP contribution is -2.02. The normalized spacial score (nSPS) is 10.5. The lowest BCUT2D eigenvalue weighted by molar-refractivity contribution is 0.413. The van der Waals surface area contributed by atoms with Crippen molar-refractivity contribution in [2.75, 3.05) is 7.11 Å². The number of aromatic amines is 1. The van der Waals surface area contributed by atoms with Gasteiger partial charge in [-0.05, 0) is 46.3 Å². The van der Waals surface area contributed by atoms with Crippen LogP contribution in [-0.4, -0.2) is 21.6 Å². The Balaban J connectivity index is 2.44. The van der Waals surface area contributed by atoms with Crippen LogP contribution in [0.4, 0.5) is 0 Å². The van der Waals surface area contributed by atoms with E-state index in [0.717, 1.165) is 9.99 Å². The van der Waals surface area contributed by atoms with Crippen molar-refractivity contribution in [2.45, 2.75) is 0 Å². The maximum Gasteiger partial charge on any atom is 0.184 e. The van der Waals surface area contributed by atoms with Crippen LogP contribution in [0.25, 0.3) is 16.9 Å². The van der Waals surface area contributed by atoms with Gasteiger partial charge in [-0.1, -0.05) is 6.07 Å². The minimum atomic E-state index is 0.455. The van der Waals surface area contributed by atoms with Crippen LogP contribution in [0.15, 0.2) is 34.9 Å². The molecule has 0 amide bonds. The molecule has 3 aromatic rings. The second kappa shape index (κ2) is 5.31. The van der Waals surface area contributed by atoms with Gasteiger partial charge >= 0.3 is 0 Å². The molecule has 5 nitrogen and oxygen atoms in total. The van der Waals surface area contributed by atoms with E-state index in [1.807, 2.05) is 6.07 Å². The summed E-state index contributed by atoms with van der Waals surface area (Å²) in [4.78, 5) is 7.47. The second-order valence-corrected chi connectivity index (χ2v) is 5.56. The fraction of sp³-hybridized carbons (Fsp3) is 0.0714. The van der Waals surface area contributed by atoms with Gasteiger partial charge in [-0.3, -0.25) is 4.57 Å². The first-order valence-electron chi connectivity index (χ1n) is 5.99. The molecule has 0 bridgehead atoms. The molecule has 0 aliphatic carbocycles. The summed E-state index contributed by atoms with van der Waals surface area (Å²) in [6.07, 6.45) is 1.68. The monoisotopic (exact) mass is 360 g/mol. The lowest BCUT2D eigenvalue weighted by Gasteiger charge is -2.11. The molecule has 1 N–H and O–H groups in total. The van der Waals surface area contributed by atoms with Crippen LogP contribution in [0.5, 0.6) is 5.75 Å². The number of fused-ring (bicyclic) bond motifs is 1. The number of nitrogens with one attached hydrogen (secondary N) is 1. The van der Waals surface area contributed by atoms with Crippen molar-refractivity contribution in [2.24, 2.45) is 0 Å². The molecule has 2 heterocycles. The van der Waals surface area contributed by atoms with Crippen molar-refractivity contribution in [1.29, 1.82) is 5.26 Å². The first kappa shape index (κ1) is 13.8. The van der Waals surface area contributed by atoms with Crippen molar-refractivity contribution in [1.82, 2.24) is 14.5 Å². The topological polar surface area (TPSA) is 66.6 Å². The van der Waals surface area contributed by atoms with Crippen molar-refractivity contribution in [3.05, 3.63) is 45.3 Å². The fourth-order valence-corrected chi connectivity index (χ4v) is 2.80. The number of benzene rings is 1. The van der Waals surface area contributed by atoms with Crippen molar-refractivity contribution < 1.29 is 4.74 Å². The molecule has 7 heteroatoms. The van der Waals surface area contributed by atoms with Crippen molar-refractivity contribution in [3.8, 4) is 17.5 Å². The molecule has 0 unspecified atom stereocenters. The highest BCUT2D eigenvalue weighted by atomic mass is 79.9. The number of halogens is 1. The van der Waals surface area contributed by atoms with E-state index < -0.39 is 0 Å². The maximum absolute atomic E-state index is 9.35. The van der Waals surface area contributed by atoms with Crippen molar-refractivity contribution >= 4 is 39.3 Å². The van der Waals surface area contributed by atoms with Gasteiger partial charge < -0.3 is 9.72 Å². The molecule has 0 aliphatic heterocycles. The minimum absolute atomic E-state index is 0.455. The summed E-state index contributed by atoms with van der Waals surface area (Å²) in [5.41, 5.74) is 2.48. The van der Waals surface area contributed by atoms with Gasteiger partial charge in [-0.15, -0.1) is 0 Å². The number of imidazole rings is 1. The molecule has 0 radical (unpaired) electrons. The third-order valence-electron chi connectivity index (χ3n) is 3.05. The molecule has 3 rings (SSSR count). The maximum atomic E-state index is 9.35. The van der Waals surface area contributed by atoms with E-state index in [1.54, 1.807) is 36.1 Å². The Morgan fingerprint density at radius 1 is 1.48 bits per heavy atom. The molecule has 0 fully saturated rings. The predicted molar refractivity (Wildman–Crippen MR) is 85.2 cm³/mol. The number of H-pyrrole nitrogens is 1. The van der Waals surface area contributed by atoms with E-state index in [1.165, 1.54) is 0 Å². The summed E-state index contributed by atoms with van der Waals surface area (Å²) in [5, 5.41) is 9.35. The van der Waals surface area contributed by atoms with E-state index in [0.29, 0.717) is 27.4 Å². The summed E-state index contributed by atoms with van der Waals surface area (Å²) in [6, 6.07) is 9.32. The van der Waals surface area contributed by atoms with Gasteiger partial charge in [0.05, 0.1) is 18.2 Å². The van der Waals surface area contributed by atoms with E-state index in [-0.39, 0.29) is 0 Å². The van der Waals surface area contributed by atoms with Gasteiger partial charge in [0.1, 0.15) is 17.5 Å². The number of rotatable bonds is 2. The van der Waals surface area contributed by atoms with Crippen LogP contribution in [0, 0.1) is 16.1 Å². The molecule has 104 valence electrons. The Labute approximate surface area is 133 Å². The zero-order chi connectivity index (χ0) is 15.0. The highest BCUT2D eigenvalue weighted by molar-refractivity contribution is 9.10. The quantitative estimate of drug-likeness (QED) is 0.707. The number of aromatic nitrogens is 3. The predicted octanol–water partition coefficient (Wildman–Crippen LogP) is 3.73. The first-order chi connectivity index (χ1) is 10.2. The van der Waals surface area contributed by atoms with Crippen molar-refractivity contribution in [3.63, 3.8) is 0 Å². The summed E-state index contributed by atoms with van der Waals surface area (Å²) in [5.74, 6) is 0.566. The molecule has 21 heavy (non-hydrogen) atoms. The third kappa shape index (κ3) is 2.22. The van der Waals surface area contributed by atoms with Crippen LogP contribution in [0.3, 0.4) is 0 Å². The molecule has 0 aliphatic rings. The molecular formula is C14H9BrN4OS. The zero-order valence-electron chi connectivity index (χ0n) is 10.9. The largest absolute Gasteiger partial charge is 0.495 e. The average molecular weight is 361 g/mol. The molecule has 1 aromatic carbocycles. The number of pyridine rings is 1. The number of methoxy groups -OCH3 is 1. The van der Waals surface area contributed by atoms with Crippen LogP contribution in [-0.2, 0) is 0 Å². The molecule has 0 saturated heterocycles. The Kier molecular flexibility index (Phi) is 3.49. The van der Waals surface area contributed by atoms with Crippen LogP contribution >= 0.6 is 28.1 Å². The van der Waals surface area contributed by atoms with Gasteiger partial charge in [-0.25, -0.2) is 4.98 Å².